The van der Waals surface area contributed by atoms with Crippen molar-refractivity contribution in [3.8, 4) is 0 Å². The second kappa shape index (κ2) is 6.84. The van der Waals surface area contributed by atoms with Gasteiger partial charge in [-0.3, -0.25) is 0 Å². The first-order valence-corrected chi connectivity index (χ1v) is 7.04. The summed E-state index contributed by atoms with van der Waals surface area (Å²) in [4.78, 5) is 6.68. The zero-order valence-electron chi connectivity index (χ0n) is 11.0. The van der Waals surface area contributed by atoms with E-state index in [9.17, 15) is 0 Å². The van der Waals surface area contributed by atoms with Crippen LogP contribution in [-0.4, -0.2) is 38.3 Å². The Labute approximate surface area is 121 Å². The summed E-state index contributed by atoms with van der Waals surface area (Å²) in [5.74, 6) is 0.960. The normalized spacial score (nSPS) is 10.9. The van der Waals surface area contributed by atoms with Crippen molar-refractivity contribution in [3.05, 3.63) is 34.9 Å². The first kappa shape index (κ1) is 14.2. The molecule has 0 fully saturated rings. The quantitative estimate of drug-likeness (QED) is 0.887. The molecule has 4 nitrogen and oxygen atoms in total. The molecule has 1 heterocycles. The third-order valence-electron chi connectivity index (χ3n) is 3.00. The standard InChI is InChI=1S/C14H18BrN3O/c1-19-10-9-18(8-6-16)14-12-3-2-4-13(15)11(12)5-7-17-14/h2-5,7H,6,8-10,16H2,1H3. The average molecular weight is 324 g/mol. The number of nitrogens with two attached hydrogens (primary N) is 1. The number of anilines is 1. The van der Waals surface area contributed by atoms with Crippen molar-refractivity contribution in [1.82, 2.24) is 4.98 Å². The lowest BCUT2D eigenvalue weighted by atomic mass is 10.1. The number of hydrogen-bond donors (Lipinski definition) is 1. The molecule has 0 spiro atoms. The van der Waals surface area contributed by atoms with Gasteiger partial charge >= 0.3 is 0 Å². The van der Waals surface area contributed by atoms with Crippen LogP contribution in [0.2, 0.25) is 0 Å². The van der Waals surface area contributed by atoms with Gasteiger partial charge in [0, 0.05) is 48.2 Å². The minimum absolute atomic E-state index is 0.593. The number of hydrogen-bond acceptors (Lipinski definition) is 4. The fourth-order valence-electron chi connectivity index (χ4n) is 2.09. The van der Waals surface area contributed by atoms with Gasteiger partial charge in [-0.15, -0.1) is 0 Å². The Balaban J connectivity index is 2.43. The number of aromatic nitrogens is 1. The van der Waals surface area contributed by atoms with Gasteiger partial charge in [0.1, 0.15) is 5.82 Å². The lowest BCUT2D eigenvalue weighted by Gasteiger charge is -2.24. The largest absolute Gasteiger partial charge is 0.383 e. The Kier molecular flexibility index (Phi) is 5.13. The van der Waals surface area contributed by atoms with Crippen LogP contribution < -0.4 is 10.6 Å². The lowest BCUT2D eigenvalue weighted by Crippen LogP contribution is -2.33. The molecule has 0 saturated heterocycles. The summed E-state index contributed by atoms with van der Waals surface area (Å²) in [6.45, 7) is 2.80. The third kappa shape index (κ3) is 3.23. The van der Waals surface area contributed by atoms with E-state index in [1.807, 2.05) is 24.4 Å². The molecule has 0 radical (unpaired) electrons. The van der Waals surface area contributed by atoms with Crippen molar-refractivity contribution in [3.63, 3.8) is 0 Å². The van der Waals surface area contributed by atoms with E-state index in [4.69, 9.17) is 10.5 Å². The van der Waals surface area contributed by atoms with Crippen LogP contribution in [0, 0.1) is 0 Å². The van der Waals surface area contributed by atoms with Crippen LogP contribution in [0.25, 0.3) is 10.8 Å². The molecule has 2 rings (SSSR count). The minimum Gasteiger partial charge on any atom is -0.383 e. The van der Waals surface area contributed by atoms with E-state index in [1.54, 1.807) is 7.11 Å². The summed E-state index contributed by atoms with van der Waals surface area (Å²) in [6.07, 6.45) is 1.83. The summed E-state index contributed by atoms with van der Waals surface area (Å²) >= 11 is 3.58. The highest BCUT2D eigenvalue weighted by Crippen LogP contribution is 2.29. The molecule has 1 aromatic heterocycles. The molecule has 0 aliphatic carbocycles. The summed E-state index contributed by atoms with van der Waals surface area (Å²) in [6, 6.07) is 8.15. The third-order valence-corrected chi connectivity index (χ3v) is 3.69. The molecule has 0 bridgehead atoms. The first-order chi connectivity index (χ1) is 9.27. The molecule has 0 aliphatic rings. The molecule has 0 saturated carbocycles. The smallest absolute Gasteiger partial charge is 0.136 e. The second-order valence-corrected chi connectivity index (χ2v) is 5.09. The number of fused-ring (bicyclic) bond motifs is 1. The highest BCUT2D eigenvalue weighted by atomic mass is 79.9. The number of benzene rings is 1. The Morgan fingerprint density at radius 1 is 1.26 bits per heavy atom. The second-order valence-electron chi connectivity index (χ2n) is 4.24. The topological polar surface area (TPSA) is 51.4 Å². The van der Waals surface area contributed by atoms with Crippen molar-refractivity contribution in [1.29, 1.82) is 0 Å². The average Bonchev–Trinajstić information content (AvgIpc) is 2.43. The number of ether oxygens (including phenoxy) is 1. The number of halogens is 1. The molecule has 2 aromatic rings. The van der Waals surface area contributed by atoms with Crippen LogP contribution in [0.15, 0.2) is 34.9 Å². The molecule has 5 heteroatoms. The molecule has 1 aromatic carbocycles. The van der Waals surface area contributed by atoms with Gasteiger partial charge in [0.15, 0.2) is 0 Å². The number of rotatable bonds is 6. The van der Waals surface area contributed by atoms with Gasteiger partial charge in [0.25, 0.3) is 0 Å². The van der Waals surface area contributed by atoms with Crippen molar-refractivity contribution in [2.45, 2.75) is 0 Å². The van der Waals surface area contributed by atoms with Gasteiger partial charge < -0.3 is 15.4 Å². The van der Waals surface area contributed by atoms with E-state index in [-0.39, 0.29) is 0 Å². The van der Waals surface area contributed by atoms with E-state index >= 15 is 0 Å². The van der Waals surface area contributed by atoms with Crippen LogP contribution in [0.4, 0.5) is 5.82 Å². The highest BCUT2D eigenvalue weighted by molar-refractivity contribution is 9.10. The lowest BCUT2D eigenvalue weighted by molar-refractivity contribution is 0.205. The predicted molar refractivity (Wildman–Crippen MR) is 82.6 cm³/mol. The van der Waals surface area contributed by atoms with Gasteiger partial charge in [-0.1, -0.05) is 28.1 Å². The van der Waals surface area contributed by atoms with Crippen LogP contribution in [0.3, 0.4) is 0 Å². The minimum atomic E-state index is 0.593. The summed E-state index contributed by atoms with van der Waals surface area (Å²) in [5.41, 5.74) is 5.69. The van der Waals surface area contributed by atoms with E-state index in [0.717, 1.165) is 34.2 Å². The van der Waals surface area contributed by atoms with E-state index in [2.05, 4.69) is 31.9 Å². The Hall–Kier alpha value is -1.17. The summed E-state index contributed by atoms with van der Waals surface area (Å²) in [7, 11) is 1.70. The SMILES string of the molecule is COCCN(CCN)c1nccc2c(Br)cccc12. The van der Waals surface area contributed by atoms with Crippen molar-refractivity contribution in [2.24, 2.45) is 5.73 Å². The number of nitrogens with zero attached hydrogens (tertiary/aromatic N) is 2. The van der Waals surface area contributed by atoms with E-state index in [1.165, 1.54) is 0 Å². The van der Waals surface area contributed by atoms with Gasteiger partial charge in [-0.25, -0.2) is 4.98 Å². The Bertz CT molecular complexity index is 547. The van der Waals surface area contributed by atoms with Crippen molar-refractivity contribution < 1.29 is 4.74 Å². The number of pyridine rings is 1. The number of methoxy groups -OCH3 is 1. The molecular weight excluding hydrogens is 306 g/mol. The maximum atomic E-state index is 5.69. The van der Waals surface area contributed by atoms with E-state index in [0.29, 0.717) is 13.2 Å². The summed E-state index contributed by atoms with van der Waals surface area (Å²) in [5, 5.41) is 2.29. The molecule has 0 amide bonds. The fraction of sp³-hybridized carbons (Fsp3) is 0.357. The van der Waals surface area contributed by atoms with Gasteiger partial charge in [-0.05, 0) is 12.1 Å². The Morgan fingerprint density at radius 3 is 2.84 bits per heavy atom. The van der Waals surface area contributed by atoms with Gasteiger partial charge in [-0.2, -0.15) is 0 Å². The molecular formula is C14H18BrN3O. The van der Waals surface area contributed by atoms with Crippen LogP contribution in [0.1, 0.15) is 0 Å². The highest BCUT2D eigenvalue weighted by Gasteiger charge is 2.11. The maximum Gasteiger partial charge on any atom is 0.136 e. The monoisotopic (exact) mass is 323 g/mol. The van der Waals surface area contributed by atoms with Gasteiger partial charge in [0.2, 0.25) is 0 Å². The van der Waals surface area contributed by atoms with Crippen LogP contribution in [0.5, 0.6) is 0 Å². The van der Waals surface area contributed by atoms with Crippen molar-refractivity contribution in [2.75, 3.05) is 38.3 Å². The zero-order valence-corrected chi connectivity index (χ0v) is 12.6. The van der Waals surface area contributed by atoms with E-state index < -0.39 is 0 Å². The van der Waals surface area contributed by atoms with Crippen molar-refractivity contribution >= 4 is 32.5 Å². The first-order valence-electron chi connectivity index (χ1n) is 6.25. The maximum absolute atomic E-state index is 5.69. The van der Waals surface area contributed by atoms with Gasteiger partial charge in [0.05, 0.1) is 6.61 Å². The molecule has 102 valence electrons. The fourth-order valence-corrected chi connectivity index (χ4v) is 2.58. The molecule has 19 heavy (non-hydrogen) atoms. The predicted octanol–water partition coefficient (Wildman–Crippen LogP) is 2.41. The van der Waals surface area contributed by atoms with Crippen LogP contribution in [-0.2, 0) is 4.74 Å². The molecule has 2 N–H and O–H groups in total. The zero-order chi connectivity index (χ0) is 13.7. The molecule has 0 unspecified atom stereocenters. The van der Waals surface area contributed by atoms with Crippen LogP contribution >= 0.6 is 15.9 Å². The molecule has 0 atom stereocenters. The Morgan fingerprint density at radius 2 is 2.11 bits per heavy atom. The molecule has 0 aliphatic heterocycles. The summed E-state index contributed by atoms with van der Waals surface area (Å²) < 4.78 is 6.23.